The summed E-state index contributed by atoms with van der Waals surface area (Å²) in [7, 11) is 0. The van der Waals surface area contributed by atoms with E-state index in [9.17, 15) is 14.9 Å². The highest BCUT2D eigenvalue weighted by Crippen LogP contribution is 2.22. The molecule has 2 rings (SSSR count). The van der Waals surface area contributed by atoms with Crippen molar-refractivity contribution in [3.05, 3.63) is 37.4 Å². The van der Waals surface area contributed by atoms with Gasteiger partial charge >= 0.3 is 0 Å². The Morgan fingerprint density at radius 1 is 1.60 bits per heavy atom. The Kier molecular flexibility index (Phi) is 4.51. The lowest BCUT2D eigenvalue weighted by Crippen LogP contribution is -2.45. The highest BCUT2D eigenvalue weighted by molar-refractivity contribution is 14.1. The van der Waals surface area contributed by atoms with Crippen LogP contribution in [0.1, 0.15) is 10.4 Å². The molecule has 1 atom stereocenters. The van der Waals surface area contributed by atoms with Crippen LogP contribution in [0.2, 0.25) is 0 Å². The minimum Gasteiger partial charge on any atom is -0.360 e. The maximum absolute atomic E-state index is 12.4. The van der Waals surface area contributed by atoms with Gasteiger partial charge in [0.15, 0.2) is 6.10 Å². The van der Waals surface area contributed by atoms with Crippen molar-refractivity contribution in [2.24, 2.45) is 0 Å². The molecule has 1 aliphatic heterocycles. The van der Waals surface area contributed by atoms with Crippen LogP contribution in [0.15, 0.2) is 18.2 Å². The molecule has 0 bridgehead atoms. The molecule has 0 aliphatic carbocycles. The van der Waals surface area contributed by atoms with E-state index in [4.69, 9.17) is 10.00 Å². The molecule has 0 saturated carbocycles. The number of non-ortho nitro benzene ring substituents is 1. The monoisotopic (exact) mass is 387 g/mol. The summed E-state index contributed by atoms with van der Waals surface area (Å²) in [4.78, 5) is 24.1. The van der Waals surface area contributed by atoms with E-state index in [1.807, 2.05) is 28.7 Å². The van der Waals surface area contributed by atoms with Crippen LogP contribution in [0.4, 0.5) is 5.69 Å². The smallest absolute Gasteiger partial charge is 0.270 e. The lowest BCUT2D eigenvalue weighted by molar-refractivity contribution is -0.384. The minimum atomic E-state index is -0.649. The number of nitro benzene ring substituents is 1. The van der Waals surface area contributed by atoms with E-state index in [1.54, 1.807) is 0 Å². The fourth-order valence-electron chi connectivity index (χ4n) is 1.87. The SMILES string of the molecule is N#CC1CN(C(=O)c2cc([N+](=O)[O-])ccc2I)CCO1. The predicted octanol–water partition coefficient (Wildman–Crippen LogP) is 1.56. The molecule has 8 heteroatoms. The number of halogens is 1. The second-order valence-corrected chi connectivity index (χ2v) is 5.32. The third-order valence-electron chi connectivity index (χ3n) is 2.89. The van der Waals surface area contributed by atoms with Gasteiger partial charge < -0.3 is 9.64 Å². The van der Waals surface area contributed by atoms with Gasteiger partial charge in [0.1, 0.15) is 0 Å². The third-order valence-corrected chi connectivity index (χ3v) is 3.83. The molecule has 1 heterocycles. The second-order valence-electron chi connectivity index (χ2n) is 4.16. The van der Waals surface area contributed by atoms with Crippen LogP contribution in [0.5, 0.6) is 0 Å². The maximum atomic E-state index is 12.4. The molecule has 7 nitrogen and oxygen atoms in total. The summed E-state index contributed by atoms with van der Waals surface area (Å²) in [6, 6.07) is 6.12. The molecular formula is C12H10IN3O4. The number of ether oxygens (including phenoxy) is 1. The van der Waals surface area contributed by atoms with Gasteiger partial charge in [-0.25, -0.2) is 0 Å². The first-order chi connectivity index (χ1) is 9.52. The normalized spacial score (nSPS) is 18.4. The molecule has 1 saturated heterocycles. The van der Waals surface area contributed by atoms with Crippen molar-refractivity contribution in [1.29, 1.82) is 5.26 Å². The van der Waals surface area contributed by atoms with E-state index in [0.717, 1.165) is 0 Å². The van der Waals surface area contributed by atoms with Gasteiger partial charge in [0.05, 0.1) is 29.7 Å². The molecule has 0 aromatic heterocycles. The largest absolute Gasteiger partial charge is 0.360 e. The van der Waals surface area contributed by atoms with E-state index in [1.165, 1.54) is 23.1 Å². The zero-order valence-corrected chi connectivity index (χ0v) is 12.4. The predicted molar refractivity (Wildman–Crippen MR) is 77.1 cm³/mol. The van der Waals surface area contributed by atoms with Crippen LogP contribution in [0.25, 0.3) is 0 Å². The van der Waals surface area contributed by atoms with E-state index >= 15 is 0 Å². The van der Waals surface area contributed by atoms with Gasteiger partial charge in [0.25, 0.3) is 11.6 Å². The van der Waals surface area contributed by atoms with Gasteiger partial charge in [-0.15, -0.1) is 0 Å². The van der Waals surface area contributed by atoms with Gasteiger partial charge in [-0.1, -0.05) is 0 Å². The number of rotatable bonds is 2. The zero-order chi connectivity index (χ0) is 14.7. The van der Waals surface area contributed by atoms with Crippen molar-refractivity contribution >= 4 is 34.2 Å². The lowest BCUT2D eigenvalue weighted by atomic mass is 10.1. The number of carbonyl (C=O) groups excluding carboxylic acids is 1. The summed E-state index contributed by atoms with van der Waals surface area (Å²) in [5.41, 5.74) is 0.150. The van der Waals surface area contributed by atoms with Gasteiger partial charge in [-0.3, -0.25) is 14.9 Å². The highest BCUT2D eigenvalue weighted by Gasteiger charge is 2.27. The van der Waals surface area contributed by atoms with Gasteiger partial charge in [0, 0.05) is 22.2 Å². The molecule has 0 N–H and O–H groups in total. The van der Waals surface area contributed by atoms with Crippen LogP contribution in [0, 0.1) is 25.0 Å². The number of nitriles is 1. The number of benzene rings is 1. The van der Waals surface area contributed by atoms with Crippen LogP contribution in [-0.2, 0) is 4.74 Å². The molecule has 104 valence electrons. The molecular weight excluding hydrogens is 377 g/mol. The van der Waals surface area contributed by atoms with Crippen molar-refractivity contribution in [2.45, 2.75) is 6.10 Å². The fourth-order valence-corrected chi connectivity index (χ4v) is 2.44. The van der Waals surface area contributed by atoms with Crippen LogP contribution < -0.4 is 0 Å². The summed E-state index contributed by atoms with van der Waals surface area (Å²) in [6.07, 6.45) is -0.649. The highest BCUT2D eigenvalue weighted by atomic mass is 127. The molecule has 1 unspecified atom stereocenters. The van der Waals surface area contributed by atoms with Crippen molar-refractivity contribution in [3.63, 3.8) is 0 Å². The molecule has 1 amide bonds. The quantitative estimate of drug-likeness (QED) is 0.436. The van der Waals surface area contributed by atoms with E-state index in [-0.39, 0.29) is 30.3 Å². The summed E-state index contributed by atoms with van der Waals surface area (Å²) >= 11 is 1.96. The standard InChI is InChI=1S/C12H10IN3O4/c13-11-2-1-8(16(18)19)5-10(11)12(17)15-3-4-20-9(6-14)7-15/h1-2,5,9H,3-4,7H2. The molecule has 1 fully saturated rings. The first-order valence-corrected chi connectivity index (χ1v) is 6.85. The van der Waals surface area contributed by atoms with E-state index < -0.39 is 11.0 Å². The molecule has 0 spiro atoms. The Balaban J connectivity index is 2.26. The first-order valence-electron chi connectivity index (χ1n) is 5.77. The summed E-state index contributed by atoms with van der Waals surface area (Å²) in [6.45, 7) is 0.833. The van der Waals surface area contributed by atoms with Crippen molar-refractivity contribution in [2.75, 3.05) is 19.7 Å². The van der Waals surface area contributed by atoms with Gasteiger partial charge in [0.2, 0.25) is 0 Å². The van der Waals surface area contributed by atoms with Gasteiger partial charge in [-0.2, -0.15) is 5.26 Å². The maximum Gasteiger partial charge on any atom is 0.270 e. The number of hydrogen-bond donors (Lipinski definition) is 0. The molecule has 1 aromatic carbocycles. The summed E-state index contributed by atoms with van der Waals surface area (Å²) < 4.78 is 5.81. The Bertz CT molecular complexity index is 599. The minimum absolute atomic E-state index is 0.126. The number of amides is 1. The molecule has 0 radical (unpaired) electrons. The van der Waals surface area contributed by atoms with Crippen molar-refractivity contribution in [1.82, 2.24) is 4.90 Å². The van der Waals surface area contributed by atoms with Crippen LogP contribution in [-0.4, -0.2) is 41.5 Å². The number of nitro groups is 1. The number of morpholine rings is 1. The average molecular weight is 387 g/mol. The topological polar surface area (TPSA) is 96.5 Å². The third kappa shape index (κ3) is 3.05. The Labute approximate surface area is 128 Å². The van der Waals surface area contributed by atoms with E-state index in [0.29, 0.717) is 10.1 Å². The van der Waals surface area contributed by atoms with Crippen LogP contribution in [0.3, 0.4) is 0 Å². The Morgan fingerprint density at radius 3 is 3.00 bits per heavy atom. The number of carbonyl (C=O) groups is 1. The zero-order valence-electron chi connectivity index (χ0n) is 10.3. The van der Waals surface area contributed by atoms with Crippen LogP contribution >= 0.6 is 22.6 Å². The van der Waals surface area contributed by atoms with Crippen molar-refractivity contribution in [3.8, 4) is 6.07 Å². The summed E-state index contributed by atoms with van der Waals surface area (Å²) in [5, 5.41) is 19.6. The second kappa shape index (κ2) is 6.15. The molecule has 20 heavy (non-hydrogen) atoms. The average Bonchev–Trinajstić information content (AvgIpc) is 2.46. The lowest BCUT2D eigenvalue weighted by Gasteiger charge is -2.30. The number of hydrogen-bond acceptors (Lipinski definition) is 5. The molecule has 1 aliphatic rings. The van der Waals surface area contributed by atoms with Gasteiger partial charge in [-0.05, 0) is 28.7 Å². The Hall–Kier alpha value is -1.73. The Morgan fingerprint density at radius 2 is 2.35 bits per heavy atom. The summed E-state index contributed by atoms with van der Waals surface area (Å²) in [5.74, 6) is -0.318. The molecule has 1 aromatic rings. The van der Waals surface area contributed by atoms with Crippen molar-refractivity contribution < 1.29 is 14.5 Å². The first kappa shape index (κ1) is 14.7. The fraction of sp³-hybridized carbons (Fsp3) is 0.333. The number of nitrogens with zero attached hydrogens (tertiary/aromatic N) is 3. The van der Waals surface area contributed by atoms with E-state index in [2.05, 4.69) is 0 Å².